The molecule has 1 saturated carbocycles. The largest absolute Gasteiger partial charge is 0.352 e. The normalized spacial score (nSPS) is 28.3. The van der Waals surface area contributed by atoms with Crippen molar-refractivity contribution in [1.82, 2.24) is 10.2 Å². The molecule has 0 bridgehead atoms. The van der Waals surface area contributed by atoms with Gasteiger partial charge in [-0.15, -0.1) is 0 Å². The lowest BCUT2D eigenvalue weighted by molar-refractivity contribution is -0.128. The molecule has 1 unspecified atom stereocenters. The highest BCUT2D eigenvalue weighted by Gasteiger charge is 2.28. The van der Waals surface area contributed by atoms with Crippen molar-refractivity contribution in [1.29, 1.82) is 0 Å². The van der Waals surface area contributed by atoms with Gasteiger partial charge in [-0.2, -0.15) is 0 Å². The Morgan fingerprint density at radius 2 is 2.00 bits per heavy atom. The molecular formula is C12H20N2O2. The van der Waals surface area contributed by atoms with Crippen LogP contribution in [0, 0.1) is 5.92 Å². The first-order valence-corrected chi connectivity index (χ1v) is 6.16. The molecule has 4 heteroatoms. The maximum absolute atomic E-state index is 11.9. The van der Waals surface area contributed by atoms with Gasteiger partial charge in [-0.1, -0.05) is 0 Å². The second-order valence-corrected chi connectivity index (χ2v) is 5.07. The summed E-state index contributed by atoms with van der Waals surface area (Å²) < 4.78 is 0. The van der Waals surface area contributed by atoms with Gasteiger partial charge in [0.1, 0.15) is 5.78 Å². The van der Waals surface area contributed by atoms with Crippen LogP contribution in [0.1, 0.15) is 32.1 Å². The van der Waals surface area contributed by atoms with Crippen molar-refractivity contribution in [2.75, 3.05) is 20.1 Å². The summed E-state index contributed by atoms with van der Waals surface area (Å²) in [6, 6.07) is 0.315. The van der Waals surface area contributed by atoms with E-state index >= 15 is 0 Å². The highest BCUT2D eigenvalue weighted by Crippen LogP contribution is 2.22. The van der Waals surface area contributed by atoms with Crippen LogP contribution in [-0.2, 0) is 9.59 Å². The number of likely N-dealkylation sites (N-methyl/N-ethyl adjacent to an activating group) is 1. The van der Waals surface area contributed by atoms with Gasteiger partial charge in [0.25, 0.3) is 0 Å². The fourth-order valence-electron chi connectivity index (χ4n) is 2.57. The summed E-state index contributed by atoms with van der Waals surface area (Å²) in [5.74, 6) is 0.543. The zero-order chi connectivity index (χ0) is 11.5. The second-order valence-electron chi connectivity index (χ2n) is 5.07. The van der Waals surface area contributed by atoms with Crippen LogP contribution in [0.3, 0.4) is 0 Å². The van der Waals surface area contributed by atoms with Gasteiger partial charge in [0, 0.05) is 31.3 Å². The van der Waals surface area contributed by atoms with Crippen molar-refractivity contribution in [2.45, 2.75) is 38.1 Å². The lowest BCUT2D eigenvalue weighted by Gasteiger charge is -2.22. The molecule has 1 aliphatic carbocycles. The Morgan fingerprint density at radius 3 is 2.56 bits per heavy atom. The number of hydrogen-bond acceptors (Lipinski definition) is 3. The minimum absolute atomic E-state index is 0.0728. The van der Waals surface area contributed by atoms with Crippen LogP contribution in [0.15, 0.2) is 0 Å². The molecule has 1 aliphatic heterocycles. The van der Waals surface area contributed by atoms with Gasteiger partial charge in [-0.05, 0) is 32.9 Å². The zero-order valence-electron chi connectivity index (χ0n) is 9.87. The molecule has 1 heterocycles. The summed E-state index contributed by atoms with van der Waals surface area (Å²) in [5.41, 5.74) is 0. The van der Waals surface area contributed by atoms with Crippen molar-refractivity contribution in [2.24, 2.45) is 5.92 Å². The zero-order valence-corrected chi connectivity index (χ0v) is 9.87. The van der Waals surface area contributed by atoms with Crippen molar-refractivity contribution in [3.8, 4) is 0 Å². The van der Waals surface area contributed by atoms with Crippen LogP contribution in [-0.4, -0.2) is 42.8 Å². The van der Waals surface area contributed by atoms with E-state index in [1.165, 1.54) is 0 Å². The van der Waals surface area contributed by atoms with Gasteiger partial charge in [0.15, 0.2) is 0 Å². The lowest BCUT2D eigenvalue weighted by atomic mass is 9.87. The SMILES string of the molecule is CN1CCC(NC(=O)C2CCC(=O)CC2)C1. The highest BCUT2D eigenvalue weighted by atomic mass is 16.2. The molecule has 1 atom stereocenters. The number of Topliss-reactive ketones (excluding diaryl/α,β-unsaturated/α-hetero) is 1. The van der Waals surface area contributed by atoms with Gasteiger partial charge < -0.3 is 10.2 Å². The lowest BCUT2D eigenvalue weighted by Crippen LogP contribution is -2.41. The topological polar surface area (TPSA) is 49.4 Å². The second kappa shape index (κ2) is 4.95. The molecule has 0 aromatic heterocycles. The van der Waals surface area contributed by atoms with Crippen LogP contribution in [0.25, 0.3) is 0 Å². The van der Waals surface area contributed by atoms with E-state index in [1.54, 1.807) is 0 Å². The average Bonchev–Trinajstić information content (AvgIpc) is 2.65. The highest BCUT2D eigenvalue weighted by molar-refractivity contribution is 5.84. The fourth-order valence-corrected chi connectivity index (χ4v) is 2.57. The Balaban J connectivity index is 1.77. The van der Waals surface area contributed by atoms with E-state index < -0.39 is 0 Å². The molecule has 4 nitrogen and oxygen atoms in total. The van der Waals surface area contributed by atoms with Gasteiger partial charge in [-0.25, -0.2) is 0 Å². The Labute approximate surface area is 96.4 Å². The van der Waals surface area contributed by atoms with Crippen molar-refractivity contribution >= 4 is 11.7 Å². The molecule has 1 saturated heterocycles. The maximum atomic E-state index is 11.9. The maximum Gasteiger partial charge on any atom is 0.223 e. The first-order valence-electron chi connectivity index (χ1n) is 6.16. The first kappa shape index (κ1) is 11.6. The first-order chi connectivity index (χ1) is 7.65. The number of nitrogens with one attached hydrogen (secondary N) is 1. The van der Waals surface area contributed by atoms with Gasteiger partial charge in [-0.3, -0.25) is 9.59 Å². The van der Waals surface area contributed by atoms with E-state index in [2.05, 4.69) is 17.3 Å². The molecule has 2 rings (SSSR count). The molecular weight excluding hydrogens is 204 g/mol. The summed E-state index contributed by atoms with van der Waals surface area (Å²) in [6.07, 6.45) is 3.71. The fraction of sp³-hybridized carbons (Fsp3) is 0.833. The molecule has 2 aliphatic rings. The summed E-state index contributed by atoms with van der Waals surface area (Å²) in [4.78, 5) is 25.2. The van der Waals surface area contributed by atoms with Crippen LogP contribution < -0.4 is 5.32 Å². The predicted molar refractivity (Wildman–Crippen MR) is 61.0 cm³/mol. The van der Waals surface area contributed by atoms with Crippen LogP contribution in [0.2, 0.25) is 0 Å². The van der Waals surface area contributed by atoms with Crippen molar-refractivity contribution in [3.05, 3.63) is 0 Å². The number of amides is 1. The molecule has 0 spiro atoms. The number of rotatable bonds is 2. The van der Waals surface area contributed by atoms with Gasteiger partial charge >= 0.3 is 0 Å². The van der Waals surface area contributed by atoms with E-state index in [-0.39, 0.29) is 11.8 Å². The number of carbonyl (C=O) groups is 2. The van der Waals surface area contributed by atoms with E-state index in [1.807, 2.05) is 0 Å². The van der Waals surface area contributed by atoms with E-state index in [0.29, 0.717) is 24.7 Å². The third-order valence-electron chi connectivity index (χ3n) is 3.65. The van der Waals surface area contributed by atoms with Crippen LogP contribution in [0.4, 0.5) is 0 Å². The van der Waals surface area contributed by atoms with E-state index in [4.69, 9.17) is 0 Å². The molecule has 0 radical (unpaired) electrons. The van der Waals surface area contributed by atoms with Crippen molar-refractivity contribution in [3.63, 3.8) is 0 Å². The Hall–Kier alpha value is -0.900. The van der Waals surface area contributed by atoms with Crippen molar-refractivity contribution < 1.29 is 9.59 Å². The number of hydrogen-bond donors (Lipinski definition) is 1. The number of likely N-dealkylation sites (tertiary alicyclic amines) is 1. The Bertz CT molecular complexity index is 281. The van der Waals surface area contributed by atoms with Gasteiger partial charge in [0.2, 0.25) is 5.91 Å². The monoisotopic (exact) mass is 224 g/mol. The van der Waals surface area contributed by atoms with E-state index in [0.717, 1.165) is 32.4 Å². The number of nitrogens with zero attached hydrogens (tertiary/aromatic N) is 1. The number of carbonyl (C=O) groups excluding carboxylic acids is 2. The predicted octanol–water partition coefficient (Wildman–Crippen LogP) is 0.566. The summed E-state index contributed by atoms with van der Waals surface area (Å²) in [7, 11) is 2.07. The third-order valence-corrected chi connectivity index (χ3v) is 3.65. The third kappa shape index (κ3) is 2.82. The summed E-state index contributed by atoms with van der Waals surface area (Å²) in [6.45, 7) is 2.02. The molecule has 0 aromatic carbocycles. The van der Waals surface area contributed by atoms with E-state index in [9.17, 15) is 9.59 Å². The quantitative estimate of drug-likeness (QED) is 0.746. The molecule has 16 heavy (non-hydrogen) atoms. The molecule has 1 amide bonds. The Morgan fingerprint density at radius 1 is 1.31 bits per heavy atom. The molecule has 2 fully saturated rings. The molecule has 90 valence electrons. The average molecular weight is 224 g/mol. The van der Waals surface area contributed by atoms with Crippen LogP contribution in [0.5, 0.6) is 0 Å². The Kier molecular flexibility index (Phi) is 3.59. The smallest absolute Gasteiger partial charge is 0.223 e. The standard InChI is InChI=1S/C12H20N2O2/c1-14-7-6-10(8-14)13-12(16)9-2-4-11(15)5-3-9/h9-10H,2-8H2,1H3,(H,13,16). The molecule has 0 aromatic rings. The van der Waals surface area contributed by atoms with Crippen LogP contribution >= 0.6 is 0 Å². The summed E-state index contributed by atoms with van der Waals surface area (Å²) in [5, 5.41) is 3.10. The molecule has 1 N–H and O–H groups in total. The number of ketones is 1. The minimum Gasteiger partial charge on any atom is -0.352 e. The summed E-state index contributed by atoms with van der Waals surface area (Å²) >= 11 is 0. The van der Waals surface area contributed by atoms with Gasteiger partial charge in [0.05, 0.1) is 0 Å². The minimum atomic E-state index is 0.0728.